The fourth-order valence-electron chi connectivity index (χ4n) is 1.74. The molecule has 1 aromatic carbocycles. The molecule has 0 atom stereocenters. The van der Waals surface area contributed by atoms with Crippen molar-refractivity contribution in [1.82, 2.24) is 15.0 Å². The first-order chi connectivity index (χ1) is 10.0. The molecule has 0 amide bonds. The van der Waals surface area contributed by atoms with Crippen molar-refractivity contribution in [3.05, 3.63) is 34.9 Å². The second kappa shape index (κ2) is 6.55. The van der Waals surface area contributed by atoms with Crippen molar-refractivity contribution in [3.8, 4) is 0 Å². The number of benzene rings is 1. The molecule has 8 heteroatoms. The van der Waals surface area contributed by atoms with Gasteiger partial charge in [0, 0.05) is 32.7 Å². The molecule has 2 rings (SSSR count). The molecule has 0 saturated heterocycles. The molecule has 0 radical (unpaired) electrons. The highest BCUT2D eigenvalue weighted by Crippen LogP contribution is 2.20. The van der Waals surface area contributed by atoms with Crippen LogP contribution in [0.25, 0.3) is 0 Å². The van der Waals surface area contributed by atoms with Crippen LogP contribution in [0.15, 0.2) is 24.3 Å². The maximum atomic E-state index is 6.18. The van der Waals surface area contributed by atoms with Gasteiger partial charge in [0.25, 0.3) is 0 Å². The Bertz CT molecular complexity index is 617. The van der Waals surface area contributed by atoms with Gasteiger partial charge in [-0.05, 0) is 11.6 Å². The summed E-state index contributed by atoms with van der Waals surface area (Å²) < 4.78 is 0. The SMILES string of the molecule is CN(C)c1nc(NN)nc(N(C)Cc2ccccc2Cl)n1. The van der Waals surface area contributed by atoms with Crippen LogP contribution in [-0.2, 0) is 6.54 Å². The van der Waals surface area contributed by atoms with Crippen LogP contribution in [0.1, 0.15) is 5.56 Å². The average molecular weight is 308 g/mol. The van der Waals surface area contributed by atoms with E-state index in [1.54, 1.807) is 4.90 Å². The number of rotatable bonds is 5. The van der Waals surface area contributed by atoms with Crippen molar-refractivity contribution in [3.63, 3.8) is 0 Å². The predicted molar refractivity (Wildman–Crippen MR) is 85.5 cm³/mol. The minimum Gasteiger partial charge on any atom is -0.347 e. The van der Waals surface area contributed by atoms with Crippen molar-refractivity contribution in [1.29, 1.82) is 0 Å². The van der Waals surface area contributed by atoms with Gasteiger partial charge in [-0.2, -0.15) is 15.0 Å². The molecule has 7 nitrogen and oxygen atoms in total. The van der Waals surface area contributed by atoms with Crippen LogP contribution in [0.3, 0.4) is 0 Å². The van der Waals surface area contributed by atoms with E-state index >= 15 is 0 Å². The monoisotopic (exact) mass is 307 g/mol. The van der Waals surface area contributed by atoms with Gasteiger partial charge >= 0.3 is 0 Å². The van der Waals surface area contributed by atoms with Gasteiger partial charge in [0.15, 0.2) is 0 Å². The summed E-state index contributed by atoms with van der Waals surface area (Å²) >= 11 is 6.18. The highest BCUT2D eigenvalue weighted by atomic mass is 35.5. The van der Waals surface area contributed by atoms with Crippen LogP contribution < -0.4 is 21.1 Å². The Morgan fingerprint density at radius 3 is 2.38 bits per heavy atom. The predicted octanol–water partition coefficient (Wildman–Crippen LogP) is 1.51. The van der Waals surface area contributed by atoms with Gasteiger partial charge in [-0.3, -0.25) is 5.43 Å². The van der Waals surface area contributed by atoms with Crippen molar-refractivity contribution < 1.29 is 0 Å². The second-order valence-electron chi connectivity index (χ2n) is 4.75. The summed E-state index contributed by atoms with van der Waals surface area (Å²) in [6.07, 6.45) is 0. The first-order valence-electron chi connectivity index (χ1n) is 6.36. The van der Waals surface area contributed by atoms with Crippen molar-refractivity contribution in [2.45, 2.75) is 6.54 Å². The summed E-state index contributed by atoms with van der Waals surface area (Å²) in [7, 11) is 5.60. The van der Waals surface area contributed by atoms with Crippen molar-refractivity contribution in [2.75, 3.05) is 36.4 Å². The maximum Gasteiger partial charge on any atom is 0.243 e. The van der Waals surface area contributed by atoms with E-state index in [9.17, 15) is 0 Å². The smallest absolute Gasteiger partial charge is 0.243 e. The molecule has 0 saturated carbocycles. The quantitative estimate of drug-likeness (QED) is 0.640. The zero-order valence-electron chi connectivity index (χ0n) is 12.2. The standard InChI is InChI=1S/C13H18ClN7/c1-20(2)12-16-11(19-15)17-13(18-12)21(3)8-9-6-4-5-7-10(9)14/h4-7H,8,15H2,1-3H3,(H,16,17,18,19). The summed E-state index contributed by atoms with van der Waals surface area (Å²) in [5.41, 5.74) is 3.45. The van der Waals surface area contributed by atoms with Crippen LogP contribution in [0, 0.1) is 0 Å². The lowest BCUT2D eigenvalue weighted by molar-refractivity contribution is 0.842. The van der Waals surface area contributed by atoms with E-state index in [0.717, 1.165) is 5.56 Å². The van der Waals surface area contributed by atoms with Gasteiger partial charge < -0.3 is 9.80 Å². The molecule has 1 heterocycles. The number of nitrogens with one attached hydrogen (secondary N) is 1. The molecule has 0 fully saturated rings. The van der Waals surface area contributed by atoms with E-state index in [0.29, 0.717) is 29.4 Å². The number of nitrogens with zero attached hydrogens (tertiary/aromatic N) is 5. The lowest BCUT2D eigenvalue weighted by atomic mass is 10.2. The molecule has 0 unspecified atom stereocenters. The number of nitrogens with two attached hydrogens (primary N) is 1. The first kappa shape index (κ1) is 15.3. The number of aromatic nitrogens is 3. The Labute approximate surface area is 128 Å². The molecule has 0 spiro atoms. The molecule has 3 N–H and O–H groups in total. The lowest BCUT2D eigenvalue weighted by Gasteiger charge is -2.20. The summed E-state index contributed by atoms with van der Waals surface area (Å²) in [5.74, 6) is 6.76. The Hall–Kier alpha value is -2.12. The Morgan fingerprint density at radius 2 is 1.76 bits per heavy atom. The number of hydrazine groups is 1. The molecular weight excluding hydrogens is 290 g/mol. The normalized spacial score (nSPS) is 10.3. The second-order valence-corrected chi connectivity index (χ2v) is 5.15. The number of halogens is 1. The van der Waals surface area contributed by atoms with Crippen molar-refractivity contribution >= 4 is 29.4 Å². The number of nitrogen functional groups attached to an aromatic ring is 1. The van der Waals surface area contributed by atoms with Gasteiger partial charge in [0.05, 0.1) is 0 Å². The maximum absolute atomic E-state index is 6.18. The minimum absolute atomic E-state index is 0.315. The fraction of sp³-hybridized carbons (Fsp3) is 0.308. The molecule has 0 aliphatic carbocycles. The highest BCUT2D eigenvalue weighted by molar-refractivity contribution is 6.31. The first-order valence-corrected chi connectivity index (χ1v) is 6.73. The molecule has 112 valence electrons. The largest absolute Gasteiger partial charge is 0.347 e. The van der Waals surface area contributed by atoms with Gasteiger partial charge in [-0.15, -0.1) is 0 Å². The molecule has 0 bridgehead atoms. The number of hydrogen-bond donors (Lipinski definition) is 2. The van der Waals surface area contributed by atoms with Gasteiger partial charge in [-0.25, -0.2) is 5.84 Å². The van der Waals surface area contributed by atoms with Crippen LogP contribution in [0.5, 0.6) is 0 Å². The van der Waals surface area contributed by atoms with E-state index in [1.165, 1.54) is 0 Å². The molecule has 0 aliphatic heterocycles. The molecule has 2 aromatic rings. The highest BCUT2D eigenvalue weighted by Gasteiger charge is 2.12. The van der Waals surface area contributed by atoms with Crippen LogP contribution in [0.4, 0.5) is 17.8 Å². The summed E-state index contributed by atoms with van der Waals surface area (Å²) in [4.78, 5) is 16.5. The summed E-state index contributed by atoms with van der Waals surface area (Å²) in [6.45, 7) is 0.584. The minimum atomic E-state index is 0.315. The summed E-state index contributed by atoms with van der Waals surface area (Å²) in [6, 6.07) is 7.67. The number of hydrogen-bond acceptors (Lipinski definition) is 7. The van der Waals surface area contributed by atoms with Crippen LogP contribution in [0.2, 0.25) is 5.02 Å². The van der Waals surface area contributed by atoms with Gasteiger partial charge in [0.2, 0.25) is 17.8 Å². The third-order valence-electron chi connectivity index (χ3n) is 2.85. The molecule has 1 aromatic heterocycles. The Morgan fingerprint density at radius 1 is 1.10 bits per heavy atom. The van der Waals surface area contributed by atoms with Gasteiger partial charge in [0.1, 0.15) is 0 Å². The van der Waals surface area contributed by atoms with E-state index < -0.39 is 0 Å². The van der Waals surface area contributed by atoms with E-state index in [-0.39, 0.29) is 0 Å². The molecular formula is C13H18ClN7. The van der Waals surface area contributed by atoms with Crippen LogP contribution >= 0.6 is 11.6 Å². The molecule has 21 heavy (non-hydrogen) atoms. The Kier molecular flexibility index (Phi) is 4.77. The zero-order valence-corrected chi connectivity index (χ0v) is 13.0. The van der Waals surface area contributed by atoms with Gasteiger partial charge in [-0.1, -0.05) is 29.8 Å². The summed E-state index contributed by atoms with van der Waals surface area (Å²) in [5, 5.41) is 0.711. The lowest BCUT2D eigenvalue weighted by Crippen LogP contribution is -2.24. The van der Waals surface area contributed by atoms with Crippen molar-refractivity contribution in [2.24, 2.45) is 5.84 Å². The average Bonchev–Trinajstić information content (AvgIpc) is 2.49. The van der Waals surface area contributed by atoms with E-state index in [2.05, 4.69) is 20.4 Å². The Balaban J connectivity index is 2.28. The number of anilines is 3. The topological polar surface area (TPSA) is 83.2 Å². The van der Waals surface area contributed by atoms with Crippen LogP contribution in [-0.4, -0.2) is 36.1 Å². The van der Waals surface area contributed by atoms with E-state index in [4.69, 9.17) is 17.4 Å². The molecule has 0 aliphatic rings. The third-order valence-corrected chi connectivity index (χ3v) is 3.22. The fourth-order valence-corrected chi connectivity index (χ4v) is 1.94. The zero-order chi connectivity index (χ0) is 15.4. The van der Waals surface area contributed by atoms with E-state index in [1.807, 2.05) is 50.3 Å². The third kappa shape index (κ3) is 3.71.